The Labute approximate surface area is 82.6 Å². The average Bonchev–Trinajstić information content (AvgIpc) is 2.76. The molecule has 72 valence electrons. The first-order chi connectivity index (χ1) is 6.24. The minimum Gasteiger partial charge on any atom is -0.358 e. The van der Waals surface area contributed by atoms with Gasteiger partial charge in [0.2, 0.25) is 5.13 Å². The van der Waals surface area contributed by atoms with Gasteiger partial charge in [-0.05, 0) is 26.2 Å². The Hall–Kier alpha value is -0.640. The van der Waals surface area contributed by atoms with E-state index in [9.17, 15) is 0 Å². The Bertz CT molecular complexity index is 280. The first kappa shape index (κ1) is 8.94. The highest BCUT2D eigenvalue weighted by molar-refractivity contribution is 7.15. The van der Waals surface area contributed by atoms with Gasteiger partial charge in [0.25, 0.3) is 0 Å². The van der Waals surface area contributed by atoms with Crippen LogP contribution in [-0.4, -0.2) is 16.2 Å². The first-order valence-corrected chi connectivity index (χ1v) is 5.62. The summed E-state index contributed by atoms with van der Waals surface area (Å²) in [5.41, 5.74) is 0. The minimum absolute atomic E-state index is 0.542. The van der Waals surface area contributed by atoms with E-state index in [0.29, 0.717) is 6.04 Å². The van der Waals surface area contributed by atoms with Crippen molar-refractivity contribution in [3.63, 3.8) is 0 Å². The maximum Gasteiger partial charge on any atom is 0.205 e. The minimum atomic E-state index is 0.542. The van der Waals surface area contributed by atoms with Crippen molar-refractivity contribution in [2.24, 2.45) is 5.92 Å². The van der Waals surface area contributed by atoms with Gasteiger partial charge >= 0.3 is 0 Å². The number of anilines is 1. The number of nitrogens with one attached hydrogen (secondary N) is 1. The van der Waals surface area contributed by atoms with Gasteiger partial charge in [-0.15, -0.1) is 10.2 Å². The van der Waals surface area contributed by atoms with E-state index < -0.39 is 0 Å². The van der Waals surface area contributed by atoms with Gasteiger partial charge in [-0.2, -0.15) is 0 Å². The van der Waals surface area contributed by atoms with Crippen molar-refractivity contribution < 1.29 is 0 Å². The van der Waals surface area contributed by atoms with Gasteiger partial charge in [0.05, 0.1) is 0 Å². The predicted molar refractivity (Wildman–Crippen MR) is 55.1 cm³/mol. The lowest BCUT2D eigenvalue weighted by molar-refractivity contribution is 0.641. The van der Waals surface area contributed by atoms with E-state index in [-0.39, 0.29) is 0 Å². The molecule has 0 amide bonds. The number of nitrogens with zero attached hydrogens (tertiary/aromatic N) is 2. The van der Waals surface area contributed by atoms with Gasteiger partial charge in [0.15, 0.2) is 0 Å². The molecule has 1 aromatic rings. The fraction of sp³-hybridized carbons (Fsp3) is 0.778. The van der Waals surface area contributed by atoms with Crippen molar-refractivity contribution in [2.45, 2.75) is 39.2 Å². The SMILES string of the molecule is Cc1nnc(NC(C)CC2CC2)s1. The molecule has 0 aliphatic heterocycles. The molecule has 3 nitrogen and oxygen atoms in total. The second-order valence-corrected chi connectivity index (χ2v) is 5.03. The molecule has 1 N–H and O–H groups in total. The number of aromatic nitrogens is 2. The number of hydrogen-bond acceptors (Lipinski definition) is 4. The molecule has 1 unspecified atom stereocenters. The van der Waals surface area contributed by atoms with E-state index in [1.54, 1.807) is 11.3 Å². The van der Waals surface area contributed by atoms with Crippen LogP contribution < -0.4 is 5.32 Å². The van der Waals surface area contributed by atoms with Crippen LogP contribution in [0.5, 0.6) is 0 Å². The van der Waals surface area contributed by atoms with Crippen LogP contribution in [0, 0.1) is 12.8 Å². The van der Waals surface area contributed by atoms with Gasteiger partial charge in [-0.25, -0.2) is 0 Å². The van der Waals surface area contributed by atoms with Crippen LogP contribution in [0.15, 0.2) is 0 Å². The van der Waals surface area contributed by atoms with Gasteiger partial charge in [-0.1, -0.05) is 24.2 Å². The lowest BCUT2D eigenvalue weighted by Gasteiger charge is -2.10. The third kappa shape index (κ3) is 2.66. The van der Waals surface area contributed by atoms with Crippen LogP contribution in [-0.2, 0) is 0 Å². The second-order valence-electron chi connectivity index (χ2n) is 3.85. The zero-order valence-electron chi connectivity index (χ0n) is 8.08. The quantitative estimate of drug-likeness (QED) is 0.805. The molecule has 0 saturated heterocycles. The predicted octanol–water partition coefficient (Wildman–Crippen LogP) is 2.45. The molecule has 1 aliphatic rings. The standard InChI is InChI=1S/C9H15N3S/c1-6(5-8-3-4-8)10-9-12-11-7(2)13-9/h6,8H,3-5H2,1-2H3,(H,10,12). The molecule has 0 spiro atoms. The van der Waals surface area contributed by atoms with Crippen molar-refractivity contribution in [1.29, 1.82) is 0 Å². The number of rotatable bonds is 4. The van der Waals surface area contributed by atoms with Crippen molar-refractivity contribution in [1.82, 2.24) is 10.2 Å². The summed E-state index contributed by atoms with van der Waals surface area (Å²) in [5.74, 6) is 0.969. The van der Waals surface area contributed by atoms with Gasteiger partial charge < -0.3 is 5.32 Å². The number of aryl methyl sites for hydroxylation is 1. The molecule has 4 heteroatoms. The third-order valence-electron chi connectivity index (χ3n) is 2.28. The van der Waals surface area contributed by atoms with Crippen LogP contribution in [0.2, 0.25) is 0 Å². The molecule has 1 atom stereocenters. The summed E-state index contributed by atoms with van der Waals surface area (Å²) < 4.78 is 0. The zero-order chi connectivity index (χ0) is 9.26. The van der Waals surface area contributed by atoms with Crippen molar-refractivity contribution in [3.05, 3.63) is 5.01 Å². The first-order valence-electron chi connectivity index (χ1n) is 4.80. The fourth-order valence-corrected chi connectivity index (χ4v) is 2.18. The Morgan fingerprint density at radius 3 is 2.85 bits per heavy atom. The Balaban J connectivity index is 1.82. The largest absolute Gasteiger partial charge is 0.358 e. The summed E-state index contributed by atoms with van der Waals surface area (Å²) in [4.78, 5) is 0. The highest BCUT2D eigenvalue weighted by Gasteiger charge is 2.23. The van der Waals surface area contributed by atoms with E-state index in [4.69, 9.17) is 0 Å². The van der Waals surface area contributed by atoms with Gasteiger partial charge in [0, 0.05) is 6.04 Å². The van der Waals surface area contributed by atoms with Crippen LogP contribution >= 0.6 is 11.3 Å². The van der Waals surface area contributed by atoms with Gasteiger partial charge in [0.1, 0.15) is 5.01 Å². The zero-order valence-corrected chi connectivity index (χ0v) is 8.90. The normalized spacial score (nSPS) is 18.6. The topological polar surface area (TPSA) is 37.8 Å². The molecule has 0 bridgehead atoms. The molecular formula is C9H15N3S. The molecule has 2 rings (SSSR count). The summed E-state index contributed by atoms with van der Waals surface area (Å²) >= 11 is 1.63. The van der Waals surface area contributed by atoms with Crippen molar-refractivity contribution in [3.8, 4) is 0 Å². The molecule has 1 heterocycles. The Morgan fingerprint density at radius 2 is 2.31 bits per heavy atom. The number of hydrogen-bond donors (Lipinski definition) is 1. The average molecular weight is 197 g/mol. The maximum atomic E-state index is 4.04. The lowest BCUT2D eigenvalue weighted by atomic mass is 10.2. The summed E-state index contributed by atoms with van der Waals surface area (Å²) in [6, 6.07) is 0.542. The summed E-state index contributed by atoms with van der Waals surface area (Å²) in [6.45, 7) is 4.20. The maximum absolute atomic E-state index is 4.04. The Kier molecular flexibility index (Phi) is 2.49. The van der Waals surface area contributed by atoms with E-state index in [2.05, 4.69) is 22.4 Å². The van der Waals surface area contributed by atoms with E-state index in [0.717, 1.165) is 16.1 Å². The van der Waals surface area contributed by atoms with Crippen molar-refractivity contribution in [2.75, 3.05) is 5.32 Å². The molecule has 1 saturated carbocycles. The molecule has 0 aromatic carbocycles. The molecule has 1 fully saturated rings. The van der Waals surface area contributed by atoms with E-state index >= 15 is 0 Å². The van der Waals surface area contributed by atoms with Crippen LogP contribution in [0.1, 0.15) is 31.2 Å². The monoisotopic (exact) mass is 197 g/mol. The van der Waals surface area contributed by atoms with Gasteiger partial charge in [-0.3, -0.25) is 0 Å². The highest BCUT2D eigenvalue weighted by atomic mass is 32.1. The van der Waals surface area contributed by atoms with E-state index in [1.165, 1.54) is 19.3 Å². The summed E-state index contributed by atoms with van der Waals surface area (Å²) in [6.07, 6.45) is 4.11. The Morgan fingerprint density at radius 1 is 1.54 bits per heavy atom. The highest BCUT2D eigenvalue weighted by Crippen LogP contribution is 2.34. The fourth-order valence-electron chi connectivity index (χ4n) is 1.48. The molecule has 1 aromatic heterocycles. The molecule has 0 radical (unpaired) electrons. The third-order valence-corrected chi connectivity index (χ3v) is 3.05. The molecular weight excluding hydrogens is 182 g/mol. The second kappa shape index (κ2) is 3.62. The molecule has 1 aliphatic carbocycles. The van der Waals surface area contributed by atoms with Crippen LogP contribution in [0.4, 0.5) is 5.13 Å². The van der Waals surface area contributed by atoms with Crippen LogP contribution in [0.25, 0.3) is 0 Å². The summed E-state index contributed by atoms with van der Waals surface area (Å²) in [5, 5.41) is 13.4. The van der Waals surface area contributed by atoms with Crippen molar-refractivity contribution >= 4 is 16.5 Å². The molecule has 13 heavy (non-hydrogen) atoms. The lowest BCUT2D eigenvalue weighted by Crippen LogP contribution is -2.15. The van der Waals surface area contributed by atoms with E-state index in [1.807, 2.05) is 6.92 Å². The smallest absolute Gasteiger partial charge is 0.205 e. The van der Waals surface area contributed by atoms with Crippen LogP contribution in [0.3, 0.4) is 0 Å². The summed E-state index contributed by atoms with van der Waals surface area (Å²) in [7, 11) is 0.